The molecule has 1 aliphatic heterocycles. The van der Waals surface area contributed by atoms with E-state index in [9.17, 15) is 19.2 Å². The number of nitrogens with zero attached hydrogens (tertiary/aromatic N) is 5. The fraction of sp³-hybridized carbons (Fsp3) is 0.222. The second-order valence-corrected chi connectivity index (χ2v) is 10.5. The third-order valence-corrected chi connectivity index (χ3v) is 8.17. The molecule has 4 aromatic rings. The molecule has 4 amide bonds. The Balaban J connectivity index is 1.39. The first-order valence-electron chi connectivity index (χ1n) is 12.6. The van der Waals surface area contributed by atoms with Crippen LogP contribution in [0.25, 0.3) is 16.0 Å². The number of hydrogen-bond acceptors (Lipinski definition) is 8. The van der Waals surface area contributed by atoms with Gasteiger partial charge in [-0.25, -0.2) is 9.78 Å². The Kier molecular flexibility index (Phi) is 6.34. The van der Waals surface area contributed by atoms with Crippen LogP contribution in [0.15, 0.2) is 60.3 Å². The van der Waals surface area contributed by atoms with Crippen molar-refractivity contribution in [2.24, 2.45) is 0 Å². The predicted octanol–water partition coefficient (Wildman–Crippen LogP) is 3.18. The van der Waals surface area contributed by atoms with E-state index in [1.54, 1.807) is 37.5 Å². The van der Waals surface area contributed by atoms with Crippen molar-refractivity contribution in [3.05, 3.63) is 76.3 Å². The molecule has 2 aliphatic rings. The number of rotatable bonds is 6. The summed E-state index contributed by atoms with van der Waals surface area (Å²) in [5.41, 5.74) is 1.64. The van der Waals surface area contributed by atoms with Crippen LogP contribution < -0.4 is 26.4 Å². The molecule has 0 radical (unpaired) electrons. The van der Waals surface area contributed by atoms with Gasteiger partial charge >= 0.3 is 6.03 Å². The number of urea groups is 1. The number of carbonyl (C=O) groups is 3. The molecule has 1 aliphatic carbocycles. The van der Waals surface area contributed by atoms with Crippen LogP contribution in [-0.4, -0.2) is 49.7 Å². The summed E-state index contributed by atoms with van der Waals surface area (Å²) in [7, 11) is 0. The summed E-state index contributed by atoms with van der Waals surface area (Å²) in [5, 5.41) is 17.3. The number of aryl methyl sites for hydroxylation is 1. The van der Waals surface area contributed by atoms with Crippen molar-refractivity contribution in [1.29, 1.82) is 0 Å². The van der Waals surface area contributed by atoms with Gasteiger partial charge in [0.2, 0.25) is 5.91 Å². The smallest absolute Gasteiger partial charge is 0.331 e. The molecule has 40 heavy (non-hydrogen) atoms. The molecule has 13 heteroatoms. The van der Waals surface area contributed by atoms with Crippen LogP contribution in [0.5, 0.6) is 0 Å². The molecule has 1 fully saturated rings. The Morgan fingerprint density at radius 1 is 1.15 bits per heavy atom. The van der Waals surface area contributed by atoms with Gasteiger partial charge in [0.1, 0.15) is 9.71 Å². The summed E-state index contributed by atoms with van der Waals surface area (Å²) in [6.07, 6.45) is 8.18. The zero-order valence-electron chi connectivity index (χ0n) is 21.4. The fourth-order valence-corrected chi connectivity index (χ4v) is 6.24. The normalized spacial score (nSPS) is 17.9. The lowest BCUT2D eigenvalue weighted by Crippen LogP contribution is -2.48. The standard InChI is InChI=1S/C27H24N8O4S/c1-3-20(36)30-15-6-4-7-16(15)31-25(38)24-23-22-17(9-11-28-26(22)40-24)35(27(39)32-23)18-13-34(21(37)12-14(18)2)19-8-5-10-29-33-19/h3,5,8-13,15-16H,1,4,6-7H2,2H3,(H,30,36)(H,31,38)(H,32,39). The van der Waals surface area contributed by atoms with Gasteiger partial charge in [0.25, 0.3) is 11.5 Å². The van der Waals surface area contributed by atoms with Crippen LogP contribution in [0.1, 0.15) is 34.5 Å². The maximum Gasteiger partial charge on any atom is 0.331 e. The van der Waals surface area contributed by atoms with Crippen LogP contribution >= 0.6 is 11.3 Å². The summed E-state index contributed by atoms with van der Waals surface area (Å²) >= 11 is 1.18. The number of amides is 4. The lowest BCUT2D eigenvalue weighted by molar-refractivity contribution is -0.117. The number of carbonyl (C=O) groups excluding carboxylic acids is 3. The maximum absolute atomic E-state index is 13.6. The number of pyridine rings is 2. The Hall–Kier alpha value is -4.91. The van der Waals surface area contributed by atoms with E-state index in [2.05, 4.69) is 37.7 Å². The van der Waals surface area contributed by atoms with Gasteiger partial charge in [-0.1, -0.05) is 6.58 Å². The van der Waals surface area contributed by atoms with Crippen LogP contribution in [-0.2, 0) is 4.79 Å². The summed E-state index contributed by atoms with van der Waals surface area (Å²) in [6, 6.07) is 5.51. The second kappa shape index (κ2) is 10.0. The highest BCUT2D eigenvalue weighted by molar-refractivity contribution is 7.21. The molecule has 202 valence electrons. The maximum atomic E-state index is 13.6. The second-order valence-electron chi connectivity index (χ2n) is 9.54. The van der Waals surface area contributed by atoms with Gasteiger partial charge in [0.05, 0.1) is 22.4 Å². The van der Waals surface area contributed by atoms with E-state index < -0.39 is 6.03 Å². The van der Waals surface area contributed by atoms with Crippen LogP contribution in [0.4, 0.5) is 21.9 Å². The van der Waals surface area contributed by atoms with Crippen molar-refractivity contribution in [2.75, 3.05) is 10.2 Å². The largest absolute Gasteiger partial charge is 0.348 e. The molecule has 6 rings (SSSR count). The molecule has 1 saturated carbocycles. The van der Waals surface area contributed by atoms with Crippen molar-refractivity contribution < 1.29 is 14.4 Å². The molecule has 0 aromatic carbocycles. The molecule has 5 heterocycles. The highest BCUT2D eigenvalue weighted by atomic mass is 32.1. The number of thiophene rings is 1. The van der Waals surface area contributed by atoms with Crippen molar-refractivity contribution in [3.63, 3.8) is 0 Å². The predicted molar refractivity (Wildman–Crippen MR) is 150 cm³/mol. The minimum atomic E-state index is -0.489. The minimum absolute atomic E-state index is 0.202. The van der Waals surface area contributed by atoms with E-state index >= 15 is 0 Å². The van der Waals surface area contributed by atoms with Crippen molar-refractivity contribution >= 4 is 56.5 Å². The van der Waals surface area contributed by atoms with Crippen molar-refractivity contribution in [3.8, 4) is 5.82 Å². The van der Waals surface area contributed by atoms with Gasteiger partial charge in [0.15, 0.2) is 5.82 Å². The first kappa shape index (κ1) is 25.4. The molecule has 2 atom stereocenters. The van der Waals surface area contributed by atoms with E-state index in [4.69, 9.17) is 0 Å². The SMILES string of the molecule is C=CC(=O)NC1CCCC1NC(=O)c1sc2nccc3c2c1NC(=O)N3c1cn(-c2cccnn2)c(=O)cc1C. The number of hydrogen-bond donors (Lipinski definition) is 3. The molecule has 0 saturated heterocycles. The average molecular weight is 557 g/mol. The first-order valence-corrected chi connectivity index (χ1v) is 13.4. The highest BCUT2D eigenvalue weighted by Crippen LogP contribution is 2.46. The quantitative estimate of drug-likeness (QED) is 0.309. The number of nitrogens with one attached hydrogen (secondary N) is 3. The number of aromatic nitrogens is 4. The summed E-state index contributed by atoms with van der Waals surface area (Å²) in [6.45, 7) is 5.24. The topological polar surface area (TPSA) is 151 Å². The third kappa shape index (κ3) is 4.29. The van der Waals surface area contributed by atoms with Crippen molar-refractivity contribution in [1.82, 2.24) is 30.4 Å². The minimum Gasteiger partial charge on any atom is -0.348 e. The van der Waals surface area contributed by atoms with Gasteiger partial charge in [0, 0.05) is 36.7 Å². The van der Waals surface area contributed by atoms with E-state index in [-0.39, 0.29) is 29.5 Å². The molecule has 3 N–H and O–H groups in total. The van der Waals surface area contributed by atoms with Gasteiger partial charge in [-0.2, -0.15) is 5.10 Å². The summed E-state index contributed by atoms with van der Waals surface area (Å²) < 4.78 is 1.33. The lowest BCUT2D eigenvalue weighted by atomic mass is 10.1. The molecule has 4 aromatic heterocycles. The molecular weight excluding hydrogens is 532 g/mol. The Morgan fingerprint density at radius 3 is 2.70 bits per heavy atom. The first-order chi connectivity index (χ1) is 19.4. The van der Waals surface area contributed by atoms with Crippen LogP contribution in [0.2, 0.25) is 0 Å². The van der Waals surface area contributed by atoms with Crippen LogP contribution in [0, 0.1) is 6.92 Å². The van der Waals surface area contributed by atoms with E-state index in [0.717, 1.165) is 19.3 Å². The monoisotopic (exact) mass is 556 g/mol. The molecule has 2 unspecified atom stereocenters. The van der Waals surface area contributed by atoms with Crippen molar-refractivity contribution in [2.45, 2.75) is 38.3 Å². The summed E-state index contributed by atoms with van der Waals surface area (Å²) in [5.74, 6) is -0.323. The van der Waals surface area contributed by atoms with Gasteiger partial charge in [-0.05, 0) is 56.0 Å². The third-order valence-electron chi connectivity index (χ3n) is 7.08. The van der Waals surface area contributed by atoms with Gasteiger partial charge in [-0.15, -0.1) is 16.4 Å². The van der Waals surface area contributed by atoms with E-state index in [1.165, 1.54) is 39.1 Å². The Labute approximate surface area is 231 Å². The molecule has 0 spiro atoms. The van der Waals surface area contributed by atoms with Gasteiger partial charge < -0.3 is 16.0 Å². The molecular formula is C27H24N8O4S. The number of anilines is 3. The zero-order valence-corrected chi connectivity index (χ0v) is 22.2. The fourth-order valence-electron chi connectivity index (χ4n) is 5.22. The zero-order chi connectivity index (χ0) is 28.0. The van der Waals surface area contributed by atoms with E-state index in [1.807, 2.05) is 0 Å². The average Bonchev–Trinajstić information content (AvgIpc) is 3.54. The molecule has 0 bridgehead atoms. The van der Waals surface area contributed by atoms with Gasteiger partial charge in [-0.3, -0.25) is 23.9 Å². The highest BCUT2D eigenvalue weighted by Gasteiger charge is 2.35. The molecule has 12 nitrogen and oxygen atoms in total. The lowest BCUT2D eigenvalue weighted by Gasteiger charge is -2.29. The summed E-state index contributed by atoms with van der Waals surface area (Å²) in [4.78, 5) is 58.5. The Bertz CT molecular complexity index is 1750. The van der Waals surface area contributed by atoms with E-state index in [0.29, 0.717) is 43.5 Å². The Morgan fingerprint density at radius 2 is 1.95 bits per heavy atom. The van der Waals surface area contributed by atoms with Crippen LogP contribution in [0.3, 0.4) is 0 Å².